The number of benzene rings is 7. The molecule has 4 nitrogen and oxygen atoms in total. The lowest BCUT2D eigenvalue weighted by Crippen LogP contribution is -2.57. The molecule has 9 rings (SSSR count). The number of hydrogen-bond donors (Lipinski definition) is 0. The first kappa shape index (κ1) is 28.1. The number of aryl methyl sites for hydroxylation is 1. The van der Waals surface area contributed by atoms with Crippen LogP contribution in [0.5, 0.6) is 23.0 Å². The van der Waals surface area contributed by atoms with Gasteiger partial charge < -0.3 is 19.3 Å². The van der Waals surface area contributed by atoms with Gasteiger partial charge in [0.1, 0.15) is 11.5 Å². The van der Waals surface area contributed by atoms with E-state index in [0.717, 1.165) is 73.5 Å². The number of anilines is 6. The second kappa shape index (κ2) is 11.6. The van der Waals surface area contributed by atoms with Gasteiger partial charge in [-0.3, -0.25) is 0 Å². The van der Waals surface area contributed by atoms with E-state index in [4.69, 9.17) is 9.47 Å². The molecule has 2 aliphatic rings. The summed E-state index contributed by atoms with van der Waals surface area (Å²) in [7, 11) is 0. The molecule has 0 amide bonds. The summed E-state index contributed by atoms with van der Waals surface area (Å²) < 4.78 is 14.1. The van der Waals surface area contributed by atoms with E-state index in [-0.39, 0.29) is 6.71 Å². The van der Waals surface area contributed by atoms with Crippen molar-refractivity contribution in [1.29, 1.82) is 0 Å². The zero-order chi connectivity index (χ0) is 32.0. The van der Waals surface area contributed by atoms with Gasteiger partial charge in [-0.05, 0) is 84.6 Å². The highest BCUT2D eigenvalue weighted by Gasteiger charge is 2.44. The van der Waals surface area contributed by atoms with Crippen LogP contribution in [-0.4, -0.2) is 6.71 Å². The highest BCUT2D eigenvalue weighted by molar-refractivity contribution is 6.98. The van der Waals surface area contributed by atoms with Crippen molar-refractivity contribution in [3.05, 3.63) is 175 Å². The number of nitrogens with zero attached hydrogens (tertiary/aromatic N) is 2. The first-order valence-corrected chi connectivity index (χ1v) is 16.3. The summed E-state index contributed by atoms with van der Waals surface area (Å²) in [6.07, 6.45) is 0. The lowest BCUT2D eigenvalue weighted by atomic mass is 9.34. The van der Waals surface area contributed by atoms with Crippen molar-refractivity contribution in [1.82, 2.24) is 0 Å². The molecule has 0 aliphatic carbocycles. The number of rotatable bonds is 6. The highest BCUT2D eigenvalue weighted by Crippen LogP contribution is 2.52. The Morgan fingerprint density at radius 1 is 0.417 bits per heavy atom. The van der Waals surface area contributed by atoms with Gasteiger partial charge in [0.2, 0.25) is 0 Å². The molecule has 7 aromatic rings. The standard InChI is InChI=1S/C43H31BN2O2/c1-30-26-27-40-36(28-30)44-35-24-14-15-25-39(35)47-42-37(45(31-16-6-2-7-17-31)32-18-8-3-9-19-32)29-38(43(48-40)41(42)44)46(33-20-10-4-11-21-33)34-22-12-5-13-23-34/h2-29H,1H3. The molecule has 0 bridgehead atoms. The fourth-order valence-corrected chi connectivity index (χ4v) is 7.11. The van der Waals surface area contributed by atoms with Gasteiger partial charge >= 0.3 is 0 Å². The topological polar surface area (TPSA) is 24.9 Å². The van der Waals surface area contributed by atoms with E-state index in [9.17, 15) is 0 Å². The first-order chi connectivity index (χ1) is 23.7. The smallest absolute Gasteiger partial charge is 0.260 e. The van der Waals surface area contributed by atoms with Crippen molar-refractivity contribution < 1.29 is 9.47 Å². The van der Waals surface area contributed by atoms with E-state index >= 15 is 0 Å². The Bertz CT molecular complexity index is 2080. The van der Waals surface area contributed by atoms with Crippen LogP contribution in [0.25, 0.3) is 0 Å². The van der Waals surface area contributed by atoms with Crippen LogP contribution >= 0.6 is 0 Å². The molecule has 0 N–H and O–H groups in total. The van der Waals surface area contributed by atoms with Crippen LogP contribution in [0.4, 0.5) is 34.1 Å². The zero-order valence-corrected chi connectivity index (χ0v) is 26.5. The van der Waals surface area contributed by atoms with E-state index < -0.39 is 0 Å². The number of ether oxygens (including phenoxy) is 2. The molecule has 2 heterocycles. The zero-order valence-electron chi connectivity index (χ0n) is 26.5. The predicted molar refractivity (Wildman–Crippen MR) is 198 cm³/mol. The average Bonchev–Trinajstić information content (AvgIpc) is 3.15. The van der Waals surface area contributed by atoms with Gasteiger partial charge in [0.05, 0.1) is 11.4 Å². The molecule has 2 aliphatic heterocycles. The monoisotopic (exact) mass is 618 g/mol. The Kier molecular flexibility index (Phi) is 6.75. The van der Waals surface area contributed by atoms with Gasteiger partial charge in [-0.1, -0.05) is 109 Å². The van der Waals surface area contributed by atoms with Crippen LogP contribution in [0.2, 0.25) is 0 Å². The van der Waals surface area contributed by atoms with E-state index in [2.05, 4.69) is 181 Å². The third kappa shape index (κ3) is 4.63. The van der Waals surface area contributed by atoms with Crippen LogP contribution < -0.4 is 35.7 Å². The Hall–Kier alpha value is -6.20. The molecule has 0 saturated heterocycles. The highest BCUT2D eigenvalue weighted by atomic mass is 16.5. The maximum atomic E-state index is 7.06. The number of fused-ring (bicyclic) bond motifs is 4. The molecule has 48 heavy (non-hydrogen) atoms. The van der Waals surface area contributed by atoms with E-state index in [0.29, 0.717) is 0 Å². The molecule has 0 aromatic heterocycles. The van der Waals surface area contributed by atoms with Crippen molar-refractivity contribution in [2.24, 2.45) is 0 Å². The number of hydrogen-bond acceptors (Lipinski definition) is 4. The molecule has 0 saturated carbocycles. The largest absolute Gasteiger partial charge is 0.456 e. The van der Waals surface area contributed by atoms with Crippen molar-refractivity contribution in [3.8, 4) is 23.0 Å². The Morgan fingerprint density at radius 2 is 0.833 bits per heavy atom. The van der Waals surface area contributed by atoms with Crippen LogP contribution in [0.15, 0.2) is 170 Å². The van der Waals surface area contributed by atoms with E-state index in [1.807, 2.05) is 6.07 Å². The molecule has 228 valence electrons. The van der Waals surface area contributed by atoms with Crippen molar-refractivity contribution in [3.63, 3.8) is 0 Å². The second-order valence-electron chi connectivity index (χ2n) is 12.2. The van der Waals surface area contributed by atoms with E-state index in [1.54, 1.807) is 0 Å². The summed E-state index contributed by atoms with van der Waals surface area (Å²) in [4.78, 5) is 4.59. The minimum atomic E-state index is -0.0934. The summed E-state index contributed by atoms with van der Waals surface area (Å²) in [6, 6.07) is 59.2. The van der Waals surface area contributed by atoms with Gasteiger partial charge in [0.25, 0.3) is 6.71 Å². The molecular formula is C43H31BN2O2. The van der Waals surface area contributed by atoms with Crippen molar-refractivity contribution in [2.45, 2.75) is 6.92 Å². The lowest BCUT2D eigenvalue weighted by Gasteiger charge is -2.39. The molecule has 0 fully saturated rings. The molecule has 0 radical (unpaired) electrons. The van der Waals surface area contributed by atoms with Crippen LogP contribution in [0, 0.1) is 6.92 Å². The van der Waals surface area contributed by atoms with Crippen LogP contribution in [0.1, 0.15) is 5.56 Å². The maximum Gasteiger partial charge on any atom is 0.260 e. The third-order valence-corrected chi connectivity index (χ3v) is 9.19. The second-order valence-corrected chi connectivity index (χ2v) is 12.2. The molecule has 7 aromatic carbocycles. The Labute approximate surface area is 281 Å². The molecule has 0 spiro atoms. The maximum absolute atomic E-state index is 7.06. The SMILES string of the molecule is Cc1ccc2c(c1)B1c3ccccc3Oc3c(N(c4ccccc4)c4ccccc4)cc(N(c4ccccc4)c4ccccc4)c(c31)O2. The normalized spacial score (nSPS) is 12.1. The summed E-state index contributed by atoms with van der Waals surface area (Å²) in [5, 5.41) is 0. The fourth-order valence-electron chi connectivity index (χ4n) is 7.11. The average molecular weight is 619 g/mol. The lowest BCUT2D eigenvalue weighted by molar-refractivity contribution is 0.466. The van der Waals surface area contributed by atoms with Gasteiger partial charge in [-0.2, -0.15) is 0 Å². The first-order valence-electron chi connectivity index (χ1n) is 16.3. The number of para-hydroxylation sites is 5. The molecule has 0 unspecified atom stereocenters. The Morgan fingerprint density at radius 3 is 1.31 bits per heavy atom. The van der Waals surface area contributed by atoms with Crippen molar-refractivity contribution >= 4 is 57.2 Å². The molecule has 0 atom stereocenters. The van der Waals surface area contributed by atoms with Gasteiger partial charge in [-0.25, -0.2) is 0 Å². The predicted octanol–water partition coefficient (Wildman–Crippen LogP) is 9.66. The Balaban J connectivity index is 1.42. The van der Waals surface area contributed by atoms with E-state index in [1.165, 1.54) is 5.56 Å². The summed E-state index contributed by atoms with van der Waals surface area (Å²) in [5.74, 6) is 3.30. The summed E-state index contributed by atoms with van der Waals surface area (Å²) >= 11 is 0. The summed E-state index contributed by atoms with van der Waals surface area (Å²) in [5.41, 5.74) is 10.5. The van der Waals surface area contributed by atoms with Crippen LogP contribution in [-0.2, 0) is 0 Å². The quantitative estimate of drug-likeness (QED) is 0.173. The van der Waals surface area contributed by atoms with Gasteiger partial charge in [0, 0.05) is 28.2 Å². The van der Waals surface area contributed by atoms with Crippen molar-refractivity contribution in [2.75, 3.05) is 9.80 Å². The molecule has 5 heteroatoms. The van der Waals surface area contributed by atoms with Crippen LogP contribution in [0.3, 0.4) is 0 Å². The molecular weight excluding hydrogens is 587 g/mol. The fraction of sp³-hybridized carbons (Fsp3) is 0.0233. The minimum Gasteiger partial charge on any atom is -0.456 e. The van der Waals surface area contributed by atoms with Gasteiger partial charge in [0.15, 0.2) is 11.5 Å². The van der Waals surface area contributed by atoms with Gasteiger partial charge in [-0.15, -0.1) is 0 Å². The third-order valence-electron chi connectivity index (χ3n) is 9.19. The summed E-state index contributed by atoms with van der Waals surface area (Å²) in [6.45, 7) is 2.05. The minimum absolute atomic E-state index is 0.0934.